The van der Waals surface area contributed by atoms with Crippen LogP contribution >= 0.6 is 12.2 Å². The standard InChI is InChI=1S/C14H20N2O2S/c1-4-14(2,13(15)19)16-12(17)11(18-3)10-8-6-5-7-9-10/h5-9,11H,4H2,1-3H3,(H2,15,19)(H,16,17). The maximum Gasteiger partial charge on any atom is 0.254 e. The molecule has 2 unspecified atom stereocenters. The molecule has 2 atom stereocenters. The van der Waals surface area contributed by atoms with Crippen LogP contribution < -0.4 is 11.1 Å². The number of methoxy groups -OCH3 is 1. The highest BCUT2D eigenvalue weighted by Gasteiger charge is 2.31. The molecule has 0 saturated heterocycles. The van der Waals surface area contributed by atoms with Crippen molar-refractivity contribution in [2.45, 2.75) is 31.9 Å². The minimum atomic E-state index is -0.696. The Labute approximate surface area is 119 Å². The Hall–Kier alpha value is -1.46. The number of rotatable bonds is 6. The summed E-state index contributed by atoms with van der Waals surface area (Å²) in [5.41, 5.74) is 5.78. The van der Waals surface area contributed by atoms with Crippen molar-refractivity contribution in [3.63, 3.8) is 0 Å². The Balaban J connectivity index is 2.89. The number of carbonyl (C=O) groups excluding carboxylic acids is 1. The second kappa shape index (κ2) is 6.63. The van der Waals surface area contributed by atoms with Gasteiger partial charge in [-0.15, -0.1) is 0 Å². The fourth-order valence-electron chi connectivity index (χ4n) is 1.68. The molecule has 1 aromatic carbocycles. The van der Waals surface area contributed by atoms with Gasteiger partial charge in [0.1, 0.15) is 0 Å². The Morgan fingerprint density at radius 2 is 2.05 bits per heavy atom. The molecule has 4 nitrogen and oxygen atoms in total. The molecule has 0 bridgehead atoms. The molecule has 0 aliphatic rings. The number of nitrogens with two attached hydrogens (primary N) is 1. The van der Waals surface area contributed by atoms with Crippen LogP contribution in [0.15, 0.2) is 30.3 Å². The van der Waals surface area contributed by atoms with Crippen molar-refractivity contribution >= 4 is 23.1 Å². The molecule has 5 heteroatoms. The summed E-state index contributed by atoms with van der Waals surface area (Å²) in [6.45, 7) is 3.73. The third-order valence-electron chi connectivity index (χ3n) is 3.23. The molecule has 1 amide bonds. The van der Waals surface area contributed by atoms with E-state index in [-0.39, 0.29) is 10.9 Å². The lowest BCUT2D eigenvalue weighted by Crippen LogP contribution is -2.55. The quantitative estimate of drug-likeness (QED) is 0.782. The van der Waals surface area contributed by atoms with Gasteiger partial charge < -0.3 is 15.8 Å². The molecule has 19 heavy (non-hydrogen) atoms. The lowest BCUT2D eigenvalue weighted by Gasteiger charge is -2.30. The number of carbonyl (C=O) groups is 1. The summed E-state index contributed by atoms with van der Waals surface area (Å²) in [4.78, 5) is 12.6. The highest BCUT2D eigenvalue weighted by atomic mass is 32.1. The molecule has 104 valence electrons. The Bertz CT molecular complexity index is 450. The van der Waals surface area contributed by atoms with E-state index < -0.39 is 11.6 Å². The van der Waals surface area contributed by atoms with Crippen molar-refractivity contribution in [2.75, 3.05) is 7.11 Å². The average Bonchev–Trinajstić information content (AvgIpc) is 2.40. The minimum Gasteiger partial charge on any atom is -0.391 e. The predicted molar refractivity (Wildman–Crippen MR) is 79.8 cm³/mol. The van der Waals surface area contributed by atoms with E-state index in [4.69, 9.17) is 22.7 Å². The van der Waals surface area contributed by atoms with Crippen molar-refractivity contribution in [1.29, 1.82) is 0 Å². The van der Waals surface area contributed by atoms with Gasteiger partial charge in [-0.25, -0.2) is 0 Å². The molecule has 1 aromatic rings. The van der Waals surface area contributed by atoms with Crippen LogP contribution in [0.5, 0.6) is 0 Å². The minimum absolute atomic E-state index is 0.245. The molecule has 0 saturated carbocycles. The average molecular weight is 280 g/mol. The van der Waals surface area contributed by atoms with Crippen LogP contribution in [0.3, 0.4) is 0 Å². The molecule has 1 rings (SSSR count). The first-order valence-electron chi connectivity index (χ1n) is 6.14. The first kappa shape index (κ1) is 15.6. The first-order chi connectivity index (χ1) is 8.94. The number of hydrogen-bond donors (Lipinski definition) is 2. The lowest BCUT2D eigenvalue weighted by atomic mass is 9.97. The van der Waals surface area contributed by atoms with E-state index in [0.29, 0.717) is 6.42 Å². The largest absolute Gasteiger partial charge is 0.391 e. The van der Waals surface area contributed by atoms with E-state index >= 15 is 0 Å². The smallest absolute Gasteiger partial charge is 0.254 e. The zero-order valence-corrected chi connectivity index (χ0v) is 12.3. The van der Waals surface area contributed by atoms with Crippen LogP contribution in [0.4, 0.5) is 0 Å². The number of nitrogens with one attached hydrogen (secondary N) is 1. The van der Waals surface area contributed by atoms with Crippen molar-refractivity contribution in [3.8, 4) is 0 Å². The second-order valence-corrected chi connectivity index (χ2v) is 5.01. The van der Waals surface area contributed by atoms with Gasteiger partial charge in [0.25, 0.3) is 5.91 Å². The molecule has 0 aromatic heterocycles. The van der Waals surface area contributed by atoms with Gasteiger partial charge >= 0.3 is 0 Å². The van der Waals surface area contributed by atoms with E-state index in [1.165, 1.54) is 7.11 Å². The zero-order chi connectivity index (χ0) is 14.5. The summed E-state index contributed by atoms with van der Waals surface area (Å²) in [7, 11) is 1.50. The summed E-state index contributed by atoms with van der Waals surface area (Å²) in [5.74, 6) is -0.245. The van der Waals surface area contributed by atoms with Crippen molar-refractivity contribution < 1.29 is 9.53 Å². The van der Waals surface area contributed by atoms with Gasteiger partial charge in [0.15, 0.2) is 6.10 Å². The molecule has 0 radical (unpaired) electrons. The topological polar surface area (TPSA) is 64.3 Å². The molecule has 0 fully saturated rings. The Morgan fingerprint density at radius 3 is 2.47 bits per heavy atom. The van der Waals surface area contributed by atoms with Crippen LogP contribution in [0, 0.1) is 0 Å². The number of thiocarbonyl (C=S) groups is 1. The maximum absolute atomic E-state index is 12.3. The van der Waals surface area contributed by atoms with E-state index in [0.717, 1.165) is 5.56 Å². The molecule has 3 N–H and O–H groups in total. The zero-order valence-electron chi connectivity index (χ0n) is 11.5. The van der Waals surface area contributed by atoms with Crippen LogP contribution in [0.1, 0.15) is 31.9 Å². The SMILES string of the molecule is CCC(C)(NC(=O)C(OC)c1ccccc1)C(N)=S. The summed E-state index contributed by atoms with van der Waals surface area (Å²) < 4.78 is 5.27. The fourth-order valence-corrected chi connectivity index (χ4v) is 1.88. The normalized spacial score (nSPS) is 15.3. The van der Waals surface area contributed by atoms with Gasteiger partial charge in [-0.3, -0.25) is 4.79 Å². The maximum atomic E-state index is 12.3. The highest BCUT2D eigenvalue weighted by molar-refractivity contribution is 7.80. The first-order valence-corrected chi connectivity index (χ1v) is 6.55. The number of ether oxygens (including phenoxy) is 1. The molecule has 0 spiro atoms. The molecular weight excluding hydrogens is 260 g/mol. The fraction of sp³-hybridized carbons (Fsp3) is 0.429. The Morgan fingerprint density at radius 1 is 1.47 bits per heavy atom. The van der Waals surface area contributed by atoms with Gasteiger partial charge in [0.05, 0.1) is 10.5 Å². The van der Waals surface area contributed by atoms with E-state index in [1.54, 1.807) is 0 Å². The summed E-state index contributed by atoms with van der Waals surface area (Å²) >= 11 is 5.01. The highest BCUT2D eigenvalue weighted by Crippen LogP contribution is 2.19. The van der Waals surface area contributed by atoms with Crippen LogP contribution in [0.2, 0.25) is 0 Å². The van der Waals surface area contributed by atoms with Crippen molar-refractivity contribution in [2.24, 2.45) is 5.73 Å². The third kappa shape index (κ3) is 3.75. The predicted octanol–water partition coefficient (Wildman–Crippen LogP) is 1.95. The second-order valence-electron chi connectivity index (χ2n) is 4.57. The Kier molecular flexibility index (Phi) is 5.44. The van der Waals surface area contributed by atoms with Crippen LogP contribution in [0.25, 0.3) is 0 Å². The summed E-state index contributed by atoms with van der Waals surface area (Å²) in [6, 6.07) is 9.30. The van der Waals surface area contributed by atoms with Gasteiger partial charge in [0, 0.05) is 7.11 Å². The number of benzene rings is 1. The van der Waals surface area contributed by atoms with E-state index in [2.05, 4.69) is 5.32 Å². The van der Waals surface area contributed by atoms with Crippen LogP contribution in [-0.4, -0.2) is 23.5 Å². The van der Waals surface area contributed by atoms with Gasteiger partial charge in [-0.05, 0) is 18.9 Å². The van der Waals surface area contributed by atoms with Gasteiger partial charge in [-0.1, -0.05) is 49.5 Å². The van der Waals surface area contributed by atoms with E-state index in [1.807, 2.05) is 44.2 Å². The van der Waals surface area contributed by atoms with Gasteiger partial charge in [-0.2, -0.15) is 0 Å². The molecule has 0 aliphatic carbocycles. The third-order valence-corrected chi connectivity index (χ3v) is 3.68. The van der Waals surface area contributed by atoms with Crippen LogP contribution in [-0.2, 0) is 9.53 Å². The van der Waals surface area contributed by atoms with Gasteiger partial charge in [0.2, 0.25) is 0 Å². The molecule has 0 heterocycles. The van der Waals surface area contributed by atoms with Crippen molar-refractivity contribution in [1.82, 2.24) is 5.32 Å². The monoisotopic (exact) mass is 280 g/mol. The lowest BCUT2D eigenvalue weighted by molar-refractivity contribution is -0.132. The summed E-state index contributed by atoms with van der Waals surface area (Å²) in [5, 5.41) is 2.86. The van der Waals surface area contributed by atoms with Crippen molar-refractivity contribution in [3.05, 3.63) is 35.9 Å². The summed E-state index contributed by atoms with van der Waals surface area (Å²) in [6.07, 6.45) is -0.0410. The number of hydrogen-bond acceptors (Lipinski definition) is 3. The molecule has 0 aliphatic heterocycles. The van der Waals surface area contributed by atoms with E-state index in [9.17, 15) is 4.79 Å². The number of amides is 1. The molecular formula is C14H20N2O2S.